The highest BCUT2D eigenvalue weighted by atomic mass is 19.1. The summed E-state index contributed by atoms with van der Waals surface area (Å²) in [6.07, 6.45) is 0.559. The lowest BCUT2D eigenvalue weighted by atomic mass is 10.1. The Morgan fingerprint density at radius 1 is 0.931 bits per heavy atom. The van der Waals surface area contributed by atoms with Gasteiger partial charge in [0, 0.05) is 12.2 Å². The molecule has 7 heteroatoms. The number of nitrogens with zero attached hydrogens (tertiary/aromatic N) is 1. The molecule has 2 N–H and O–H groups in total. The van der Waals surface area contributed by atoms with Crippen molar-refractivity contribution in [1.29, 1.82) is 0 Å². The molecule has 0 saturated carbocycles. The van der Waals surface area contributed by atoms with Crippen molar-refractivity contribution < 1.29 is 18.7 Å². The first-order valence-electron chi connectivity index (χ1n) is 9.00. The quantitative estimate of drug-likeness (QED) is 0.644. The summed E-state index contributed by atoms with van der Waals surface area (Å²) in [6, 6.07) is 17.7. The standard InChI is InChI=1S/C22H20FN3O3/c1-29-18-11-9-17(10-12-18)25-22(28)20-4-2-3-19(26-20)21(27)24-14-13-15-5-7-16(23)8-6-15/h2-12H,13-14H2,1H3,(H,24,27)(H,25,28). The van der Waals surface area contributed by atoms with Crippen molar-refractivity contribution in [1.82, 2.24) is 10.3 Å². The molecule has 1 heterocycles. The van der Waals surface area contributed by atoms with Gasteiger partial charge in [0.05, 0.1) is 7.11 Å². The van der Waals surface area contributed by atoms with E-state index in [0.29, 0.717) is 24.4 Å². The number of nitrogens with one attached hydrogen (secondary N) is 2. The van der Waals surface area contributed by atoms with Crippen LogP contribution in [0.4, 0.5) is 10.1 Å². The molecule has 0 aliphatic heterocycles. The highest BCUT2D eigenvalue weighted by molar-refractivity contribution is 6.03. The lowest BCUT2D eigenvalue weighted by Gasteiger charge is -2.08. The maximum absolute atomic E-state index is 12.9. The van der Waals surface area contributed by atoms with E-state index in [1.165, 1.54) is 24.3 Å². The van der Waals surface area contributed by atoms with Crippen LogP contribution in [0.25, 0.3) is 0 Å². The first-order valence-corrected chi connectivity index (χ1v) is 9.00. The topological polar surface area (TPSA) is 80.3 Å². The third kappa shape index (κ3) is 5.62. The second kappa shape index (κ2) is 9.45. The van der Waals surface area contributed by atoms with Crippen LogP contribution < -0.4 is 15.4 Å². The number of methoxy groups -OCH3 is 1. The molecule has 3 rings (SSSR count). The van der Waals surface area contributed by atoms with Crippen molar-refractivity contribution >= 4 is 17.5 Å². The zero-order chi connectivity index (χ0) is 20.6. The zero-order valence-corrected chi connectivity index (χ0v) is 15.8. The van der Waals surface area contributed by atoms with Gasteiger partial charge in [0.1, 0.15) is 23.0 Å². The molecule has 0 spiro atoms. The van der Waals surface area contributed by atoms with Gasteiger partial charge in [-0.05, 0) is 60.5 Å². The van der Waals surface area contributed by atoms with Crippen molar-refractivity contribution in [3.05, 3.63) is 89.5 Å². The Labute approximate surface area is 167 Å². The molecule has 0 aliphatic carbocycles. The molecule has 0 bridgehead atoms. The summed E-state index contributed by atoms with van der Waals surface area (Å²) in [5.41, 5.74) is 1.78. The number of hydrogen-bond acceptors (Lipinski definition) is 4. The molecule has 0 saturated heterocycles. The van der Waals surface area contributed by atoms with Gasteiger partial charge in [0.15, 0.2) is 0 Å². The summed E-state index contributed by atoms with van der Waals surface area (Å²) in [5.74, 6) is -0.422. The van der Waals surface area contributed by atoms with E-state index in [1.54, 1.807) is 49.6 Å². The average Bonchev–Trinajstić information content (AvgIpc) is 2.75. The predicted molar refractivity (Wildman–Crippen MR) is 108 cm³/mol. The molecule has 3 aromatic rings. The van der Waals surface area contributed by atoms with Crippen LogP contribution in [-0.4, -0.2) is 30.5 Å². The fraction of sp³-hybridized carbons (Fsp3) is 0.136. The number of hydrogen-bond donors (Lipinski definition) is 2. The average molecular weight is 393 g/mol. The molecule has 0 radical (unpaired) electrons. The first kappa shape index (κ1) is 20.0. The van der Waals surface area contributed by atoms with E-state index >= 15 is 0 Å². The van der Waals surface area contributed by atoms with Gasteiger partial charge in [-0.2, -0.15) is 0 Å². The molecule has 0 atom stereocenters. The fourth-order valence-corrected chi connectivity index (χ4v) is 2.62. The summed E-state index contributed by atoms with van der Waals surface area (Å²) in [6.45, 7) is 0.369. The van der Waals surface area contributed by atoms with Crippen LogP contribution in [0, 0.1) is 5.82 Å². The number of amides is 2. The van der Waals surface area contributed by atoms with Crippen LogP contribution >= 0.6 is 0 Å². The van der Waals surface area contributed by atoms with Gasteiger partial charge in [0.2, 0.25) is 0 Å². The number of pyridine rings is 1. The van der Waals surface area contributed by atoms with Gasteiger partial charge in [-0.1, -0.05) is 18.2 Å². The number of benzene rings is 2. The van der Waals surface area contributed by atoms with Crippen LogP contribution in [0.1, 0.15) is 26.5 Å². The minimum atomic E-state index is -0.420. The van der Waals surface area contributed by atoms with Crippen LogP contribution in [0.3, 0.4) is 0 Å². The van der Waals surface area contributed by atoms with Crippen LogP contribution in [0.5, 0.6) is 5.75 Å². The number of carbonyl (C=O) groups excluding carboxylic acids is 2. The van der Waals surface area contributed by atoms with Gasteiger partial charge < -0.3 is 15.4 Å². The van der Waals surface area contributed by atoms with E-state index in [-0.39, 0.29) is 23.1 Å². The molecular formula is C22H20FN3O3. The molecule has 29 heavy (non-hydrogen) atoms. The number of halogens is 1. The van der Waals surface area contributed by atoms with Crippen LogP contribution in [0.15, 0.2) is 66.7 Å². The Bertz CT molecular complexity index is 989. The fourth-order valence-electron chi connectivity index (χ4n) is 2.62. The third-order valence-corrected chi connectivity index (χ3v) is 4.17. The highest BCUT2D eigenvalue weighted by Crippen LogP contribution is 2.15. The van der Waals surface area contributed by atoms with Gasteiger partial charge in [0.25, 0.3) is 11.8 Å². The normalized spacial score (nSPS) is 10.3. The second-order valence-corrected chi connectivity index (χ2v) is 6.22. The van der Waals surface area contributed by atoms with Gasteiger partial charge in [-0.3, -0.25) is 9.59 Å². The molecule has 0 aliphatic rings. The highest BCUT2D eigenvalue weighted by Gasteiger charge is 2.12. The van der Waals surface area contributed by atoms with Crippen molar-refractivity contribution in [3.63, 3.8) is 0 Å². The smallest absolute Gasteiger partial charge is 0.274 e. The number of anilines is 1. The van der Waals surface area contributed by atoms with Gasteiger partial charge in [-0.25, -0.2) is 9.37 Å². The lowest BCUT2D eigenvalue weighted by molar-refractivity contribution is 0.0949. The maximum atomic E-state index is 12.9. The molecule has 1 aromatic heterocycles. The molecular weight excluding hydrogens is 373 g/mol. The summed E-state index contributed by atoms with van der Waals surface area (Å²) >= 11 is 0. The summed E-state index contributed by atoms with van der Waals surface area (Å²) in [4.78, 5) is 28.9. The Kier molecular flexibility index (Phi) is 6.52. The van der Waals surface area contributed by atoms with Gasteiger partial charge >= 0.3 is 0 Å². The molecule has 2 amide bonds. The maximum Gasteiger partial charge on any atom is 0.274 e. The summed E-state index contributed by atoms with van der Waals surface area (Å²) in [5, 5.41) is 5.48. The van der Waals surface area contributed by atoms with Gasteiger partial charge in [-0.15, -0.1) is 0 Å². The summed E-state index contributed by atoms with van der Waals surface area (Å²) in [7, 11) is 1.56. The number of carbonyl (C=O) groups is 2. The van der Waals surface area contributed by atoms with Crippen LogP contribution in [0.2, 0.25) is 0 Å². The monoisotopic (exact) mass is 393 g/mol. The van der Waals surface area contributed by atoms with E-state index in [2.05, 4.69) is 15.6 Å². The predicted octanol–water partition coefficient (Wildman–Crippen LogP) is 3.45. The Morgan fingerprint density at radius 3 is 2.24 bits per heavy atom. The second-order valence-electron chi connectivity index (χ2n) is 6.22. The molecule has 148 valence electrons. The van der Waals surface area contributed by atoms with Crippen LogP contribution in [-0.2, 0) is 6.42 Å². The van der Waals surface area contributed by atoms with E-state index in [9.17, 15) is 14.0 Å². The Morgan fingerprint density at radius 2 is 1.59 bits per heavy atom. The van der Waals surface area contributed by atoms with E-state index < -0.39 is 5.91 Å². The number of aromatic nitrogens is 1. The molecule has 2 aromatic carbocycles. The molecule has 6 nitrogen and oxygen atoms in total. The van der Waals surface area contributed by atoms with E-state index in [0.717, 1.165) is 5.56 Å². The third-order valence-electron chi connectivity index (χ3n) is 4.17. The SMILES string of the molecule is COc1ccc(NC(=O)c2cccc(C(=O)NCCc3ccc(F)cc3)n2)cc1. The Balaban J connectivity index is 1.57. The van der Waals surface area contributed by atoms with Crippen molar-refractivity contribution in [3.8, 4) is 5.75 Å². The van der Waals surface area contributed by atoms with Crippen molar-refractivity contribution in [2.24, 2.45) is 0 Å². The summed E-state index contributed by atoms with van der Waals surface area (Å²) < 4.78 is 18.0. The Hall–Kier alpha value is -3.74. The van der Waals surface area contributed by atoms with E-state index in [4.69, 9.17) is 4.74 Å². The van der Waals surface area contributed by atoms with Crippen molar-refractivity contribution in [2.75, 3.05) is 19.0 Å². The number of ether oxygens (including phenoxy) is 1. The zero-order valence-electron chi connectivity index (χ0n) is 15.8. The molecule has 0 unspecified atom stereocenters. The largest absolute Gasteiger partial charge is 0.497 e. The number of rotatable bonds is 7. The van der Waals surface area contributed by atoms with E-state index in [1.807, 2.05) is 0 Å². The lowest BCUT2D eigenvalue weighted by Crippen LogP contribution is -2.27. The minimum Gasteiger partial charge on any atom is -0.497 e. The first-order chi connectivity index (χ1) is 14.0. The van der Waals surface area contributed by atoms with Crippen molar-refractivity contribution in [2.45, 2.75) is 6.42 Å². The minimum absolute atomic E-state index is 0.131. The molecule has 0 fully saturated rings.